The monoisotopic (exact) mass is 368 g/mol. The summed E-state index contributed by atoms with van der Waals surface area (Å²) < 4.78 is 10.1. The first-order chi connectivity index (χ1) is 13.1. The molecule has 1 N–H and O–H groups in total. The quantitative estimate of drug-likeness (QED) is 0.792. The Labute approximate surface area is 159 Å². The molecule has 1 fully saturated rings. The maximum atomic E-state index is 12.2. The molecule has 0 bridgehead atoms. The Balaban J connectivity index is 1.53. The van der Waals surface area contributed by atoms with Crippen LogP contribution >= 0.6 is 0 Å². The Morgan fingerprint density at radius 1 is 1.07 bits per heavy atom. The van der Waals surface area contributed by atoms with Gasteiger partial charge >= 0.3 is 5.97 Å². The van der Waals surface area contributed by atoms with E-state index in [1.54, 1.807) is 24.3 Å². The van der Waals surface area contributed by atoms with Gasteiger partial charge < -0.3 is 19.7 Å². The number of nitrogens with zero attached hydrogens (tertiary/aromatic N) is 1. The molecule has 27 heavy (non-hydrogen) atoms. The van der Waals surface area contributed by atoms with Crippen LogP contribution in [0.25, 0.3) is 0 Å². The molecule has 6 heteroatoms. The van der Waals surface area contributed by atoms with Crippen molar-refractivity contribution in [1.29, 1.82) is 0 Å². The van der Waals surface area contributed by atoms with Gasteiger partial charge in [-0.15, -0.1) is 0 Å². The van der Waals surface area contributed by atoms with E-state index in [2.05, 4.69) is 21.0 Å². The molecule has 0 saturated carbocycles. The number of anilines is 2. The molecule has 0 aliphatic carbocycles. The van der Waals surface area contributed by atoms with Crippen LogP contribution in [0.3, 0.4) is 0 Å². The molecule has 0 aromatic heterocycles. The smallest absolute Gasteiger partial charge is 0.337 e. The van der Waals surface area contributed by atoms with Crippen LogP contribution in [0, 0.1) is 6.92 Å². The van der Waals surface area contributed by atoms with Crippen LogP contribution in [-0.4, -0.2) is 38.7 Å². The number of esters is 1. The number of nitrogens with one attached hydrogen (secondary N) is 1. The van der Waals surface area contributed by atoms with Gasteiger partial charge in [0.05, 0.1) is 12.7 Å². The lowest BCUT2D eigenvalue weighted by Gasteiger charge is -2.19. The summed E-state index contributed by atoms with van der Waals surface area (Å²) in [5, 5.41) is 2.88. The lowest BCUT2D eigenvalue weighted by molar-refractivity contribution is -0.118. The van der Waals surface area contributed by atoms with Crippen LogP contribution in [0.15, 0.2) is 42.5 Å². The van der Waals surface area contributed by atoms with Crippen molar-refractivity contribution in [2.75, 3.05) is 37.0 Å². The van der Waals surface area contributed by atoms with Crippen LogP contribution in [-0.2, 0) is 9.53 Å². The van der Waals surface area contributed by atoms with Gasteiger partial charge in [0.25, 0.3) is 5.91 Å². The van der Waals surface area contributed by atoms with Crippen molar-refractivity contribution < 1.29 is 19.1 Å². The van der Waals surface area contributed by atoms with E-state index in [1.165, 1.54) is 25.6 Å². The van der Waals surface area contributed by atoms with Crippen LogP contribution in [0.5, 0.6) is 5.75 Å². The zero-order valence-corrected chi connectivity index (χ0v) is 15.7. The van der Waals surface area contributed by atoms with E-state index in [1.807, 2.05) is 19.1 Å². The van der Waals surface area contributed by atoms with E-state index >= 15 is 0 Å². The number of rotatable bonds is 6. The fraction of sp³-hybridized carbons (Fsp3) is 0.333. The number of carbonyl (C=O) groups is 2. The minimum Gasteiger partial charge on any atom is -0.484 e. The maximum absolute atomic E-state index is 12.2. The molecule has 0 radical (unpaired) electrons. The number of ether oxygens (including phenoxy) is 2. The standard InChI is InChI=1S/C21H24N2O4/c1-15-13-17(23-11-3-4-12-23)7-10-19(15)22-20(24)14-27-18-8-5-16(6-9-18)21(25)26-2/h5-10,13H,3-4,11-12,14H2,1-2H3,(H,22,24). The minimum absolute atomic E-state index is 0.106. The normalized spacial score (nSPS) is 13.3. The number of benzene rings is 2. The summed E-state index contributed by atoms with van der Waals surface area (Å²) in [6.45, 7) is 4.06. The van der Waals surface area contributed by atoms with Gasteiger partial charge in [-0.3, -0.25) is 4.79 Å². The van der Waals surface area contributed by atoms with Gasteiger partial charge in [-0.2, -0.15) is 0 Å². The molecule has 142 valence electrons. The first-order valence-corrected chi connectivity index (χ1v) is 9.03. The van der Waals surface area contributed by atoms with E-state index in [9.17, 15) is 9.59 Å². The molecule has 2 aromatic rings. The van der Waals surface area contributed by atoms with Crippen LogP contribution < -0.4 is 15.0 Å². The molecule has 1 heterocycles. The summed E-state index contributed by atoms with van der Waals surface area (Å²) in [5.74, 6) is -0.130. The number of aryl methyl sites for hydroxylation is 1. The van der Waals surface area contributed by atoms with Crippen molar-refractivity contribution in [3.8, 4) is 5.75 Å². The molecular weight excluding hydrogens is 344 g/mol. The van der Waals surface area contributed by atoms with Crippen molar-refractivity contribution >= 4 is 23.3 Å². The number of carbonyl (C=O) groups excluding carboxylic acids is 2. The van der Waals surface area contributed by atoms with Gasteiger partial charge in [0, 0.05) is 24.5 Å². The molecule has 1 aliphatic heterocycles. The predicted octanol–water partition coefficient (Wildman–Crippen LogP) is 3.40. The van der Waals surface area contributed by atoms with Gasteiger partial charge in [-0.05, 0) is 67.8 Å². The summed E-state index contributed by atoms with van der Waals surface area (Å²) in [4.78, 5) is 25.9. The SMILES string of the molecule is COC(=O)c1ccc(OCC(=O)Nc2ccc(N3CCCC3)cc2C)cc1. The zero-order valence-electron chi connectivity index (χ0n) is 15.7. The highest BCUT2D eigenvalue weighted by Gasteiger charge is 2.14. The van der Waals surface area contributed by atoms with Crippen molar-refractivity contribution in [3.63, 3.8) is 0 Å². The van der Waals surface area contributed by atoms with Crippen LogP contribution in [0.1, 0.15) is 28.8 Å². The van der Waals surface area contributed by atoms with Gasteiger partial charge in [0.1, 0.15) is 5.75 Å². The Morgan fingerprint density at radius 2 is 1.78 bits per heavy atom. The molecule has 0 unspecified atom stereocenters. The van der Waals surface area contributed by atoms with Crippen LogP contribution in [0.2, 0.25) is 0 Å². The van der Waals surface area contributed by atoms with Gasteiger partial charge in [-0.25, -0.2) is 4.79 Å². The molecule has 0 atom stereocenters. The summed E-state index contributed by atoms with van der Waals surface area (Å²) >= 11 is 0. The predicted molar refractivity (Wildman–Crippen MR) is 105 cm³/mol. The van der Waals surface area contributed by atoms with Gasteiger partial charge in [0.2, 0.25) is 0 Å². The first kappa shape index (κ1) is 18.8. The molecule has 2 aromatic carbocycles. The third kappa shape index (κ3) is 4.78. The van der Waals surface area contributed by atoms with E-state index in [-0.39, 0.29) is 12.5 Å². The molecule has 1 saturated heterocycles. The summed E-state index contributed by atoms with van der Waals surface area (Å²) in [6, 6.07) is 12.5. The van der Waals surface area contributed by atoms with E-state index in [0.717, 1.165) is 24.3 Å². The zero-order chi connectivity index (χ0) is 19.2. The van der Waals surface area contributed by atoms with Gasteiger partial charge in [0.15, 0.2) is 6.61 Å². The summed E-state index contributed by atoms with van der Waals surface area (Å²) in [6.07, 6.45) is 2.46. The van der Waals surface area contributed by atoms with Crippen LogP contribution in [0.4, 0.5) is 11.4 Å². The third-order valence-electron chi connectivity index (χ3n) is 4.60. The van der Waals surface area contributed by atoms with Crippen molar-refractivity contribution in [2.24, 2.45) is 0 Å². The first-order valence-electron chi connectivity index (χ1n) is 9.03. The molecular formula is C21H24N2O4. The third-order valence-corrected chi connectivity index (χ3v) is 4.60. The van der Waals surface area contributed by atoms with E-state index in [0.29, 0.717) is 11.3 Å². The number of hydrogen-bond acceptors (Lipinski definition) is 5. The summed E-state index contributed by atoms with van der Waals surface area (Å²) in [5.41, 5.74) is 3.44. The largest absolute Gasteiger partial charge is 0.484 e. The van der Waals surface area contributed by atoms with Crippen molar-refractivity contribution in [1.82, 2.24) is 0 Å². The lowest BCUT2D eigenvalue weighted by Crippen LogP contribution is -2.21. The fourth-order valence-electron chi connectivity index (χ4n) is 3.10. The van der Waals surface area contributed by atoms with E-state index in [4.69, 9.17) is 4.74 Å². The highest BCUT2D eigenvalue weighted by molar-refractivity contribution is 5.93. The van der Waals surface area contributed by atoms with E-state index < -0.39 is 5.97 Å². The Hall–Kier alpha value is -3.02. The Bertz CT molecular complexity index is 811. The molecule has 3 rings (SSSR count). The maximum Gasteiger partial charge on any atom is 0.337 e. The molecule has 0 spiro atoms. The minimum atomic E-state index is -0.410. The second-order valence-electron chi connectivity index (χ2n) is 6.55. The average molecular weight is 368 g/mol. The number of hydrogen-bond donors (Lipinski definition) is 1. The molecule has 1 aliphatic rings. The second kappa shape index (κ2) is 8.58. The second-order valence-corrected chi connectivity index (χ2v) is 6.55. The topological polar surface area (TPSA) is 67.9 Å². The molecule has 6 nitrogen and oxygen atoms in total. The van der Waals surface area contributed by atoms with Crippen molar-refractivity contribution in [3.05, 3.63) is 53.6 Å². The lowest BCUT2D eigenvalue weighted by atomic mass is 10.1. The van der Waals surface area contributed by atoms with Gasteiger partial charge in [-0.1, -0.05) is 0 Å². The number of amides is 1. The highest BCUT2D eigenvalue weighted by atomic mass is 16.5. The Kier molecular flexibility index (Phi) is 5.96. The highest BCUT2D eigenvalue weighted by Crippen LogP contribution is 2.25. The number of methoxy groups -OCH3 is 1. The summed E-state index contributed by atoms with van der Waals surface area (Å²) in [7, 11) is 1.33. The Morgan fingerprint density at radius 3 is 2.41 bits per heavy atom. The van der Waals surface area contributed by atoms with Crippen molar-refractivity contribution in [2.45, 2.75) is 19.8 Å². The average Bonchev–Trinajstić information content (AvgIpc) is 3.22. The molecule has 1 amide bonds. The fourth-order valence-corrected chi connectivity index (χ4v) is 3.10.